The fourth-order valence-corrected chi connectivity index (χ4v) is 3.55. The van der Waals surface area contributed by atoms with Crippen LogP contribution in [0, 0.1) is 5.41 Å². The molecule has 25 heavy (non-hydrogen) atoms. The number of benzene rings is 2. The maximum Gasteiger partial charge on any atom is 0.256 e. The van der Waals surface area contributed by atoms with Gasteiger partial charge in [0.05, 0.1) is 5.39 Å². The van der Waals surface area contributed by atoms with E-state index in [0.717, 1.165) is 44.6 Å². The first kappa shape index (κ1) is 17.4. The van der Waals surface area contributed by atoms with Gasteiger partial charge in [0.1, 0.15) is 0 Å². The van der Waals surface area contributed by atoms with E-state index in [-0.39, 0.29) is 5.56 Å². The highest BCUT2D eigenvalue weighted by Gasteiger charge is 2.13. The van der Waals surface area contributed by atoms with Gasteiger partial charge >= 0.3 is 0 Å². The fourth-order valence-electron chi connectivity index (χ4n) is 3.12. The molecule has 0 aliphatic carbocycles. The molecule has 3 rings (SSSR count). The number of nitrogens with two attached hydrogens (primary N) is 2. The number of nitrogens with one attached hydrogen (secondary N) is 2. The summed E-state index contributed by atoms with van der Waals surface area (Å²) in [7, 11) is 0. The lowest BCUT2D eigenvalue weighted by molar-refractivity contribution is 0.838. The van der Waals surface area contributed by atoms with Gasteiger partial charge in [-0.2, -0.15) is 0 Å². The van der Waals surface area contributed by atoms with Crippen molar-refractivity contribution in [1.82, 2.24) is 4.98 Å². The number of rotatable bonds is 5. The van der Waals surface area contributed by atoms with Crippen molar-refractivity contribution in [3.05, 3.63) is 62.6 Å². The molecular formula is C19H19BrN4O. The van der Waals surface area contributed by atoms with Crippen molar-refractivity contribution < 1.29 is 0 Å². The molecule has 0 unspecified atom stereocenters. The van der Waals surface area contributed by atoms with Gasteiger partial charge in [-0.3, -0.25) is 4.79 Å². The van der Waals surface area contributed by atoms with Gasteiger partial charge in [-0.1, -0.05) is 12.1 Å². The summed E-state index contributed by atoms with van der Waals surface area (Å²) in [6.07, 6.45) is 5.98. The molecule has 5 nitrogen and oxygen atoms in total. The molecule has 1 aromatic heterocycles. The number of H-pyrrole nitrogens is 1. The van der Waals surface area contributed by atoms with Crippen molar-refractivity contribution in [3.8, 4) is 0 Å². The van der Waals surface area contributed by atoms with E-state index in [2.05, 4.69) is 27.0 Å². The van der Waals surface area contributed by atoms with Crippen LogP contribution in [-0.2, 0) is 6.42 Å². The second-order valence-electron chi connectivity index (χ2n) is 5.84. The molecule has 2 aromatic carbocycles. The van der Waals surface area contributed by atoms with Crippen LogP contribution in [0.3, 0.4) is 0 Å². The minimum absolute atomic E-state index is 0.140. The van der Waals surface area contributed by atoms with Crippen molar-refractivity contribution >= 4 is 49.3 Å². The van der Waals surface area contributed by atoms with Gasteiger partial charge < -0.3 is 21.9 Å². The Morgan fingerprint density at radius 1 is 1.24 bits per heavy atom. The van der Waals surface area contributed by atoms with Crippen LogP contribution in [0.15, 0.2) is 45.9 Å². The lowest BCUT2D eigenvalue weighted by Gasteiger charge is -2.12. The Morgan fingerprint density at radius 3 is 2.72 bits per heavy atom. The SMILES string of the molecule is N=C/C(=C\N)c1ccc2c(CCCN)cc3c(Br)c[nH]c(=O)c3c2c1. The molecule has 0 aliphatic rings. The van der Waals surface area contributed by atoms with E-state index in [1.165, 1.54) is 12.4 Å². The van der Waals surface area contributed by atoms with E-state index in [9.17, 15) is 4.79 Å². The number of aryl methyl sites for hydroxylation is 1. The predicted octanol–water partition coefficient (Wildman–Crippen LogP) is 3.28. The molecule has 6 heteroatoms. The third-order valence-electron chi connectivity index (χ3n) is 4.36. The van der Waals surface area contributed by atoms with Crippen LogP contribution in [0.4, 0.5) is 0 Å². The van der Waals surface area contributed by atoms with E-state index < -0.39 is 0 Å². The maximum absolute atomic E-state index is 12.5. The Labute approximate surface area is 153 Å². The summed E-state index contributed by atoms with van der Waals surface area (Å²) in [5.41, 5.74) is 13.7. The van der Waals surface area contributed by atoms with Gasteiger partial charge in [0, 0.05) is 34.0 Å². The molecule has 0 saturated heterocycles. The van der Waals surface area contributed by atoms with Crippen LogP contribution in [0.25, 0.3) is 27.1 Å². The molecule has 0 spiro atoms. The minimum Gasteiger partial charge on any atom is -0.404 e. The number of hydrogen-bond acceptors (Lipinski definition) is 4. The highest BCUT2D eigenvalue weighted by Crippen LogP contribution is 2.32. The number of hydrogen-bond donors (Lipinski definition) is 4. The van der Waals surface area contributed by atoms with Crippen molar-refractivity contribution in [2.45, 2.75) is 12.8 Å². The summed E-state index contributed by atoms with van der Waals surface area (Å²) in [5, 5.41) is 10.9. The van der Waals surface area contributed by atoms with Crippen molar-refractivity contribution in [2.24, 2.45) is 11.5 Å². The van der Waals surface area contributed by atoms with Crippen molar-refractivity contribution in [3.63, 3.8) is 0 Å². The number of allylic oxidation sites excluding steroid dienone is 1. The second kappa shape index (κ2) is 7.21. The average molecular weight is 399 g/mol. The van der Waals surface area contributed by atoms with E-state index >= 15 is 0 Å². The van der Waals surface area contributed by atoms with Gasteiger partial charge in [0.2, 0.25) is 0 Å². The number of aromatic nitrogens is 1. The number of halogens is 1. The number of fused-ring (bicyclic) bond motifs is 3. The molecule has 0 saturated carbocycles. The Morgan fingerprint density at radius 2 is 2.04 bits per heavy atom. The van der Waals surface area contributed by atoms with Gasteiger partial charge in [-0.05, 0) is 69.3 Å². The molecular weight excluding hydrogens is 380 g/mol. The standard InChI is InChI=1S/C19H19BrN4O/c20-17-10-24-19(25)18-15-6-11(13(8-22)9-23)3-4-14(15)12(2-1-5-21)7-16(17)18/h3-4,6-10,22H,1-2,5,21,23H2,(H,24,25)/b13-9+,22-8?. The zero-order chi connectivity index (χ0) is 18.0. The van der Waals surface area contributed by atoms with Gasteiger partial charge in [-0.15, -0.1) is 0 Å². The zero-order valence-corrected chi connectivity index (χ0v) is 15.2. The molecule has 0 fully saturated rings. The van der Waals surface area contributed by atoms with E-state index in [1.54, 1.807) is 6.20 Å². The summed E-state index contributed by atoms with van der Waals surface area (Å²) < 4.78 is 0.838. The smallest absolute Gasteiger partial charge is 0.256 e. The molecule has 3 aromatic rings. The molecule has 6 N–H and O–H groups in total. The summed E-state index contributed by atoms with van der Waals surface area (Å²) in [4.78, 5) is 15.3. The van der Waals surface area contributed by atoms with Crippen LogP contribution in [0.2, 0.25) is 0 Å². The van der Waals surface area contributed by atoms with Crippen LogP contribution in [0.1, 0.15) is 17.5 Å². The molecule has 1 heterocycles. The second-order valence-corrected chi connectivity index (χ2v) is 6.70. The third kappa shape index (κ3) is 3.10. The van der Waals surface area contributed by atoms with Gasteiger partial charge in [0.25, 0.3) is 5.56 Å². The summed E-state index contributed by atoms with van der Waals surface area (Å²) >= 11 is 3.53. The predicted molar refractivity (Wildman–Crippen MR) is 108 cm³/mol. The van der Waals surface area contributed by atoms with Crippen LogP contribution >= 0.6 is 15.9 Å². The zero-order valence-electron chi connectivity index (χ0n) is 13.6. The van der Waals surface area contributed by atoms with Gasteiger partial charge in [-0.25, -0.2) is 0 Å². The number of aromatic amines is 1. The maximum atomic E-state index is 12.5. The number of pyridine rings is 1. The molecule has 0 radical (unpaired) electrons. The van der Waals surface area contributed by atoms with Crippen molar-refractivity contribution in [1.29, 1.82) is 5.41 Å². The Balaban J connectivity index is 2.44. The third-order valence-corrected chi connectivity index (χ3v) is 5.01. The summed E-state index contributed by atoms with van der Waals surface area (Å²) in [6.45, 7) is 0.613. The summed E-state index contributed by atoms with van der Waals surface area (Å²) in [5.74, 6) is 0. The lowest BCUT2D eigenvalue weighted by Crippen LogP contribution is -2.07. The van der Waals surface area contributed by atoms with Crippen LogP contribution in [0.5, 0.6) is 0 Å². The van der Waals surface area contributed by atoms with Gasteiger partial charge in [0.15, 0.2) is 0 Å². The lowest BCUT2D eigenvalue weighted by atomic mass is 9.93. The van der Waals surface area contributed by atoms with Crippen LogP contribution in [-0.4, -0.2) is 17.7 Å². The highest BCUT2D eigenvalue weighted by molar-refractivity contribution is 9.10. The van der Waals surface area contributed by atoms with Crippen LogP contribution < -0.4 is 17.0 Å². The molecule has 0 atom stereocenters. The molecule has 0 amide bonds. The highest BCUT2D eigenvalue weighted by atomic mass is 79.9. The monoisotopic (exact) mass is 398 g/mol. The average Bonchev–Trinajstić information content (AvgIpc) is 2.63. The molecule has 0 bridgehead atoms. The first-order valence-corrected chi connectivity index (χ1v) is 8.79. The first-order chi connectivity index (χ1) is 12.1. The largest absolute Gasteiger partial charge is 0.404 e. The minimum atomic E-state index is -0.140. The normalized spacial score (nSPS) is 12.0. The molecule has 128 valence electrons. The Hall–Kier alpha value is -2.44. The van der Waals surface area contributed by atoms with E-state index in [4.69, 9.17) is 16.9 Å². The fraction of sp³-hybridized carbons (Fsp3) is 0.158. The first-order valence-electron chi connectivity index (χ1n) is 8.00. The topological polar surface area (TPSA) is 109 Å². The van der Waals surface area contributed by atoms with E-state index in [0.29, 0.717) is 17.5 Å². The molecule has 0 aliphatic heterocycles. The Kier molecular flexibility index (Phi) is 5.01. The Bertz CT molecular complexity index is 1050. The van der Waals surface area contributed by atoms with E-state index in [1.807, 2.05) is 18.2 Å². The summed E-state index contributed by atoms with van der Waals surface area (Å²) in [6, 6.07) is 7.90. The van der Waals surface area contributed by atoms with Crippen molar-refractivity contribution in [2.75, 3.05) is 6.54 Å². The quantitative estimate of drug-likeness (QED) is 0.391.